The molecule has 17 heavy (non-hydrogen) atoms. The van der Waals surface area contributed by atoms with Crippen molar-refractivity contribution >= 4 is 5.97 Å². The van der Waals surface area contributed by atoms with Crippen molar-refractivity contribution in [2.75, 3.05) is 0 Å². The van der Waals surface area contributed by atoms with Gasteiger partial charge in [-0.15, -0.1) is 0 Å². The summed E-state index contributed by atoms with van der Waals surface area (Å²) in [6.07, 6.45) is 6.70. The summed E-state index contributed by atoms with van der Waals surface area (Å²) in [5.74, 6) is -0.197. The number of benzene rings is 1. The number of carbonyl (C=O) groups is 1. The maximum Gasteiger partial charge on any atom is 0.328 e. The fraction of sp³-hybridized carbons (Fsp3) is 0.400. The Morgan fingerprint density at radius 2 is 2.12 bits per heavy atom. The van der Waals surface area contributed by atoms with Crippen LogP contribution in [0.1, 0.15) is 31.2 Å². The summed E-state index contributed by atoms with van der Waals surface area (Å²) in [5.41, 5.74) is 2.46. The van der Waals surface area contributed by atoms with Crippen LogP contribution in [-0.4, -0.2) is 11.1 Å². The van der Waals surface area contributed by atoms with Crippen molar-refractivity contribution in [2.45, 2.75) is 32.1 Å². The Hall–Kier alpha value is -1.57. The van der Waals surface area contributed by atoms with Gasteiger partial charge in [0.15, 0.2) is 0 Å². The van der Waals surface area contributed by atoms with E-state index in [4.69, 9.17) is 5.11 Å². The lowest BCUT2D eigenvalue weighted by Gasteiger charge is -2.24. The van der Waals surface area contributed by atoms with Gasteiger partial charge in [-0.1, -0.05) is 35.9 Å². The van der Waals surface area contributed by atoms with Gasteiger partial charge in [0.25, 0.3) is 0 Å². The first-order valence-corrected chi connectivity index (χ1v) is 6.20. The third-order valence-corrected chi connectivity index (χ3v) is 3.36. The first-order valence-electron chi connectivity index (χ1n) is 6.20. The van der Waals surface area contributed by atoms with Gasteiger partial charge in [-0.3, -0.25) is 0 Å². The zero-order valence-corrected chi connectivity index (χ0v) is 9.93. The molecule has 1 unspecified atom stereocenters. The minimum atomic E-state index is -0.805. The van der Waals surface area contributed by atoms with Gasteiger partial charge < -0.3 is 5.11 Å². The summed E-state index contributed by atoms with van der Waals surface area (Å²) in [7, 11) is 0. The van der Waals surface area contributed by atoms with Gasteiger partial charge in [0.05, 0.1) is 0 Å². The van der Waals surface area contributed by atoms with Gasteiger partial charge in [0.2, 0.25) is 0 Å². The van der Waals surface area contributed by atoms with Gasteiger partial charge in [0.1, 0.15) is 0 Å². The largest absolute Gasteiger partial charge is 0.478 e. The summed E-state index contributed by atoms with van der Waals surface area (Å²) in [6.45, 7) is 0. The molecule has 0 aliphatic heterocycles. The van der Waals surface area contributed by atoms with Gasteiger partial charge in [-0.2, -0.15) is 0 Å². The van der Waals surface area contributed by atoms with Crippen molar-refractivity contribution in [1.82, 2.24) is 0 Å². The Morgan fingerprint density at radius 1 is 1.35 bits per heavy atom. The fourth-order valence-corrected chi connectivity index (χ4v) is 2.62. The highest BCUT2D eigenvalue weighted by molar-refractivity contribution is 5.80. The van der Waals surface area contributed by atoms with E-state index in [0.29, 0.717) is 5.92 Å². The molecule has 0 aromatic heterocycles. The third kappa shape index (κ3) is 3.74. The van der Waals surface area contributed by atoms with Crippen LogP contribution in [0.5, 0.6) is 0 Å². The van der Waals surface area contributed by atoms with E-state index in [1.165, 1.54) is 18.1 Å². The first kappa shape index (κ1) is 11.9. The molecule has 1 fully saturated rings. The van der Waals surface area contributed by atoms with E-state index in [9.17, 15) is 4.79 Å². The van der Waals surface area contributed by atoms with Crippen LogP contribution < -0.4 is 0 Å². The number of hydrogen-bond donors (Lipinski definition) is 1. The predicted molar refractivity (Wildman–Crippen MR) is 67.8 cm³/mol. The van der Waals surface area contributed by atoms with Gasteiger partial charge in [-0.05, 0) is 43.6 Å². The number of hydrogen-bond acceptors (Lipinski definition) is 1. The van der Waals surface area contributed by atoms with E-state index in [0.717, 1.165) is 31.3 Å². The Morgan fingerprint density at radius 3 is 2.82 bits per heavy atom. The number of carboxylic acid groups (broad SMARTS) is 1. The summed E-state index contributed by atoms with van der Waals surface area (Å²) < 4.78 is 0. The summed E-state index contributed by atoms with van der Waals surface area (Å²) in [4.78, 5) is 10.7. The maximum atomic E-state index is 10.7. The van der Waals surface area contributed by atoms with Crippen molar-refractivity contribution in [3.05, 3.63) is 47.5 Å². The topological polar surface area (TPSA) is 37.3 Å². The third-order valence-electron chi connectivity index (χ3n) is 3.36. The predicted octanol–water partition coefficient (Wildman–Crippen LogP) is 3.43. The Labute approximate surface area is 102 Å². The van der Waals surface area contributed by atoms with E-state index < -0.39 is 5.97 Å². The lowest BCUT2D eigenvalue weighted by molar-refractivity contribution is -0.131. The van der Waals surface area contributed by atoms with Crippen LogP contribution >= 0.6 is 0 Å². The zero-order chi connectivity index (χ0) is 12.1. The summed E-state index contributed by atoms with van der Waals surface area (Å²) >= 11 is 0. The molecule has 1 aliphatic carbocycles. The van der Waals surface area contributed by atoms with Gasteiger partial charge >= 0.3 is 5.97 Å². The molecule has 1 aliphatic rings. The number of allylic oxidation sites excluding steroid dienone is 1. The molecule has 0 amide bonds. The lowest BCUT2D eigenvalue weighted by atomic mass is 9.82. The standard InChI is InChI=1S/C15H18O2/c16-15(17)11-14-8-4-7-13(10-14)9-12-5-2-1-3-6-12/h1-3,5-6,11,13H,4,7-10H2,(H,16,17)/b14-11+. The van der Waals surface area contributed by atoms with Crippen molar-refractivity contribution in [3.63, 3.8) is 0 Å². The van der Waals surface area contributed by atoms with E-state index in [1.54, 1.807) is 0 Å². The van der Waals surface area contributed by atoms with Crippen molar-refractivity contribution in [2.24, 2.45) is 5.92 Å². The molecule has 0 bridgehead atoms. The van der Waals surface area contributed by atoms with E-state index >= 15 is 0 Å². The van der Waals surface area contributed by atoms with Crippen molar-refractivity contribution in [1.29, 1.82) is 0 Å². The van der Waals surface area contributed by atoms with Crippen LogP contribution in [0.4, 0.5) is 0 Å². The Balaban J connectivity index is 1.96. The highest BCUT2D eigenvalue weighted by atomic mass is 16.4. The highest BCUT2D eigenvalue weighted by Gasteiger charge is 2.17. The molecule has 0 spiro atoms. The number of carboxylic acids is 1. The van der Waals surface area contributed by atoms with Crippen LogP contribution in [0.3, 0.4) is 0 Å². The molecule has 90 valence electrons. The molecule has 1 aromatic carbocycles. The van der Waals surface area contributed by atoms with Gasteiger partial charge in [0, 0.05) is 6.08 Å². The minimum Gasteiger partial charge on any atom is -0.478 e. The quantitative estimate of drug-likeness (QED) is 0.808. The summed E-state index contributed by atoms with van der Waals surface area (Å²) in [5, 5.41) is 8.77. The Bertz CT molecular complexity index is 406. The molecule has 2 heteroatoms. The first-order chi connectivity index (χ1) is 8.24. The molecule has 1 N–H and O–H groups in total. The van der Waals surface area contributed by atoms with E-state index in [2.05, 4.69) is 24.3 Å². The molecule has 1 saturated carbocycles. The normalized spacial score (nSPS) is 22.6. The van der Waals surface area contributed by atoms with Crippen LogP contribution in [0.15, 0.2) is 42.0 Å². The molecule has 0 heterocycles. The molecule has 1 atom stereocenters. The smallest absolute Gasteiger partial charge is 0.328 e. The SMILES string of the molecule is O=C(O)/C=C1\CCCC(Cc2ccccc2)C1. The van der Waals surface area contributed by atoms with Crippen LogP contribution in [0.2, 0.25) is 0 Å². The van der Waals surface area contributed by atoms with Crippen LogP contribution in [-0.2, 0) is 11.2 Å². The second-order valence-corrected chi connectivity index (χ2v) is 4.79. The van der Waals surface area contributed by atoms with Crippen LogP contribution in [0, 0.1) is 5.92 Å². The molecule has 0 radical (unpaired) electrons. The molecule has 2 nitrogen and oxygen atoms in total. The zero-order valence-electron chi connectivity index (χ0n) is 9.93. The highest BCUT2D eigenvalue weighted by Crippen LogP contribution is 2.30. The molecule has 0 saturated heterocycles. The molecule has 2 rings (SSSR count). The lowest BCUT2D eigenvalue weighted by Crippen LogP contribution is -2.12. The second-order valence-electron chi connectivity index (χ2n) is 4.79. The van der Waals surface area contributed by atoms with Crippen LogP contribution in [0.25, 0.3) is 0 Å². The maximum absolute atomic E-state index is 10.7. The monoisotopic (exact) mass is 230 g/mol. The number of aliphatic carboxylic acids is 1. The van der Waals surface area contributed by atoms with Crippen molar-refractivity contribution < 1.29 is 9.90 Å². The average Bonchev–Trinajstić information content (AvgIpc) is 2.30. The Kier molecular flexibility index (Phi) is 3.97. The molecular formula is C15H18O2. The fourth-order valence-electron chi connectivity index (χ4n) is 2.62. The van der Waals surface area contributed by atoms with E-state index in [-0.39, 0.29) is 0 Å². The average molecular weight is 230 g/mol. The van der Waals surface area contributed by atoms with Gasteiger partial charge in [-0.25, -0.2) is 4.79 Å². The minimum absolute atomic E-state index is 0.608. The molecular weight excluding hydrogens is 212 g/mol. The molecule has 1 aromatic rings. The number of rotatable bonds is 3. The summed E-state index contributed by atoms with van der Waals surface area (Å²) in [6, 6.07) is 10.4. The van der Waals surface area contributed by atoms with E-state index in [1.807, 2.05) is 6.07 Å². The van der Waals surface area contributed by atoms with Crippen molar-refractivity contribution in [3.8, 4) is 0 Å². The second kappa shape index (κ2) is 5.67.